The topological polar surface area (TPSA) is 0 Å². The first-order valence-corrected chi connectivity index (χ1v) is 6.71. The first kappa shape index (κ1) is 9.93. The van der Waals surface area contributed by atoms with Gasteiger partial charge in [-0.1, -0.05) is 32.9 Å². The third kappa shape index (κ3) is 1.20. The average Bonchev–Trinajstić information content (AvgIpc) is 2.55. The summed E-state index contributed by atoms with van der Waals surface area (Å²) in [6.07, 6.45) is 5.63. The van der Waals surface area contributed by atoms with Gasteiger partial charge in [0, 0.05) is 0 Å². The van der Waals surface area contributed by atoms with Gasteiger partial charge in [0.15, 0.2) is 0 Å². The molecule has 3 saturated carbocycles. The second-order valence-corrected chi connectivity index (χ2v) is 6.89. The van der Waals surface area contributed by atoms with Crippen LogP contribution in [0.4, 0.5) is 0 Å². The van der Waals surface area contributed by atoms with E-state index in [0.29, 0.717) is 5.41 Å². The fraction of sp³-hybridized carbons (Fsp3) is 0.867. The molecule has 0 amide bonds. The summed E-state index contributed by atoms with van der Waals surface area (Å²) in [4.78, 5) is 0. The lowest BCUT2D eigenvalue weighted by atomic mass is 9.80. The van der Waals surface area contributed by atoms with E-state index in [1.165, 1.54) is 25.7 Å². The monoisotopic (exact) mass is 204 g/mol. The molecule has 0 bridgehead atoms. The zero-order chi connectivity index (χ0) is 10.8. The van der Waals surface area contributed by atoms with E-state index in [-0.39, 0.29) is 0 Å². The molecule has 0 aromatic rings. The summed E-state index contributed by atoms with van der Waals surface area (Å²) in [7, 11) is 0. The van der Waals surface area contributed by atoms with E-state index in [1.54, 1.807) is 5.57 Å². The molecule has 0 heterocycles. The lowest BCUT2D eigenvalue weighted by molar-refractivity contribution is 0.280. The van der Waals surface area contributed by atoms with Gasteiger partial charge in [0.05, 0.1) is 0 Å². The molecule has 0 spiro atoms. The van der Waals surface area contributed by atoms with E-state index in [9.17, 15) is 0 Å². The Morgan fingerprint density at radius 2 is 1.93 bits per heavy atom. The van der Waals surface area contributed by atoms with Gasteiger partial charge in [-0.05, 0) is 60.7 Å². The molecule has 0 saturated heterocycles. The van der Waals surface area contributed by atoms with Crippen molar-refractivity contribution in [1.82, 2.24) is 0 Å². The molecular formula is C15H24. The average molecular weight is 204 g/mol. The van der Waals surface area contributed by atoms with Crippen LogP contribution in [0.3, 0.4) is 0 Å². The van der Waals surface area contributed by atoms with Gasteiger partial charge in [0.25, 0.3) is 0 Å². The molecule has 0 radical (unpaired) electrons. The first-order chi connectivity index (χ1) is 7.03. The normalized spacial score (nSPS) is 51.9. The highest BCUT2D eigenvalue weighted by Gasteiger charge is 2.64. The molecule has 0 aromatic carbocycles. The van der Waals surface area contributed by atoms with Crippen molar-refractivity contribution in [1.29, 1.82) is 0 Å². The van der Waals surface area contributed by atoms with Crippen LogP contribution in [-0.4, -0.2) is 0 Å². The Balaban J connectivity index is 1.93. The van der Waals surface area contributed by atoms with E-state index in [1.807, 2.05) is 0 Å². The van der Waals surface area contributed by atoms with Gasteiger partial charge in [0.2, 0.25) is 0 Å². The Kier molecular flexibility index (Phi) is 1.92. The molecule has 0 N–H and O–H groups in total. The van der Waals surface area contributed by atoms with Gasteiger partial charge in [-0.3, -0.25) is 0 Å². The molecule has 15 heavy (non-hydrogen) atoms. The maximum absolute atomic E-state index is 4.35. The van der Waals surface area contributed by atoms with Crippen LogP contribution in [0.25, 0.3) is 0 Å². The predicted molar refractivity (Wildman–Crippen MR) is 64.5 cm³/mol. The smallest absolute Gasteiger partial charge is 0.0172 e. The first-order valence-electron chi connectivity index (χ1n) is 6.71. The van der Waals surface area contributed by atoms with Gasteiger partial charge in [-0.15, -0.1) is 0 Å². The Morgan fingerprint density at radius 1 is 1.20 bits per heavy atom. The Morgan fingerprint density at radius 3 is 2.67 bits per heavy atom. The van der Waals surface area contributed by atoms with Gasteiger partial charge in [-0.25, -0.2) is 0 Å². The Bertz CT molecular complexity index is 299. The molecule has 0 aliphatic heterocycles. The number of hydrogen-bond acceptors (Lipinski definition) is 0. The summed E-state index contributed by atoms with van der Waals surface area (Å²) in [5.41, 5.74) is 2.25. The summed E-state index contributed by atoms with van der Waals surface area (Å²) in [5, 5.41) is 0. The molecule has 3 rings (SSSR count). The molecule has 0 unspecified atom stereocenters. The van der Waals surface area contributed by atoms with Crippen LogP contribution in [0.1, 0.15) is 46.5 Å². The summed E-state index contributed by atoms with van der Waals surface area (Å²) in [6, 6.07) is 0. The molecule has 3 fully saturated rings. The lowest BCUT2D eigenvalue weighted by Gasteiger charge is -2.25. The van der Waals surface area contributed by atoms with Crippen LogP contribution in [0.15, 0.2) is 12.2 Å². The molecule has 0 aromatic heterocycles. The highest BCUT2D eigenvalue weighted by atomic mass is 14.7. The third-order valence-corrected chi connectivity index (χ3v) is 5.91. The molecule has 3 aliphatic rings. The minimum atomic E-state index is 0.655. The molecule has 0 heteroatoms. The summed E-state index contributed by atoms with van der Waals surface area (Å²) >= 11 is 0. The van der Waals surface area contributed by atoms with Crippen molar-refractivity contribution in [2.45, 2.75) is 46.5 Å². The molecule has 84 valence electrons. The quantitative estimate of drug-likeness (QED) is 0.517. The van der Waals surface area contributed by atoms with Crippen LogP contribution in [0, 0.1) is 35.0 Å². The SMILES string of the molecule is C=C1CC[C@H]2[C@@H]([C@H]3[C@@H]1CC[C@@H]3C)C2(C)C. The zero-order valence-corrected chi connectivity index (χ0v) is 10.4. The zero-order valence-electron chi connectivity index (χ0n) is 10.4. The van der Waals surface area contributed by atoms with Crippen LogP contribution < -0.4 is 0 Å². The number of fused-ring (bicyclic) bond motifs is 3. The largest absolute Gasteiger partial charge is 0.0996 e. The van der Waals surface area contributed by atoms with Crippen molar-refractivity contribution in [3.05, 3.63) is 12.2 Å². The van der Waals surface area contributed by atoms with E-state index in [0.717, 1.165) is 29.6 Å². The van der Waals surface area contributed by atoms with Crippen LogP contribution in [-0.2, 0) is 0 Å². The van der Waals surface area contributed by atoms with Crippen LogP contribution in [0.5, 0.6) is 0 Å². The minimum absolute atomic E-state index is 0.655. The van der Waals surface area contributed by atoms with E-state index >= 15 is 0 Å². The fourth-order valence-corrected chi connectivity index (χ4v) is 4.93. The van der Waals surface area contributed by atoms with Gasteiger partial charge in [-0.2, -0.15) is 0 Å². The maximum atomic E-state index is 4.35. The highest BCUT2D eigenvalue weighted by molar-refractivity contribution is 5.20. The number of allylic oxidation sites excluding steroid dienone is 1. The number of hydrogen-bond donors (Lipinski definition) is 0. The lowest BCUT2D eigenvalue weighted by Crippen LogP contribution is -2.18. The van der Waals surface area contributed by atoms with Crippen molar-refractivity contribution < 1.29 is 0 Å². The van der Waals surface area contributed by atoms with Crippen molar-refractivity contribution in [3.63, 3.8) is 0 Å². The predicted octanol–water partition coefficient (Wildman–Crippen LogP) is 4.27. The second kappa shape index (κ2) is 2.90. The van der Waals surface area contributed by atoms with Crippen molar-refractivity contribution in [3.8, 4) is 0 Å². The molecule has 0 nitrogen and oxygen atoms in total. The van der Waals surface area contributed by atoms with Crippen LogP contribution in [0.2, 0.25) is 0 Å². The van der Waals surface area contributed by atoms with E-state index < -0.39 is 0 Å². The van der Waals surface area contributed by atoms with E-state index in [2.05, 4.69) is 27.4 Å². The Labute approximate surface area is 94.1 Å². The fourth-order valence-electron chi connectivity index (χ4n) is 4.93. The molecule has 3 aliphatic carbocycles. The minimum Gasteiger partial charge on any atom is -0.0996 e. The molecule has 5 atom stereocenters. The van der Waals surface area contributed by atoms with Crippen LogP contribution >= 0.6 is 0 Å². The van der Waals surface area contributed by atoms with Crippen molar-refractivity contribution in [2.75, 3.05) is 0 Å². The van der Waals surface area contributed by atoms with E-state index in [4.69, 9.17) is 0 Å². The second-order valence-electron chi connectivity index (χ2n) is 6.89. The summed E-state index contributed by atoms with van der Waals surface area (Å²) in [6.45, 7) is 11.8. The maximum Gasteiger partial charge on any atom is -0.0172 e. The Hall–Kier alpha value is -0.260. The van der Waals surface area contributed by atoms with Crippen molar-refractivity contribution >= 4 is 0 Å². The van der Waals surface area contributed by atoms with Gasteiger partial charge < -0.3 is 0 Å². The van der Waals surface area contributed by atoms with Crippen molar-refractivity contribution in [2.24, 2.45) is 35.0 Å². The highest BCUT2D eigenvalue weighted by Crippen LogP contribution is 2.70. The summed E-state index contributed by atoms with van der Waals surface area (Å²) < 4.78 is 0. The van der Waals surface area contributed by atoms with Gasteiger partial charge in [0.1, 0.15) is 0 Å². The molecular weight excluding hydrogens is 180 g/mol. The standard InChI is InChI=1S/C15H24/c1-9-6-8-12-14(15(12,3)4)13-10(2)5-7-11(9)13/h10-14H,1,5-8H2,2-4H3/t10-,11+,12-,13+,14-/m0/s1. The van der Waals surface area contributed by atoms with Gasteiger partial charge >= 0.3 is 0 Å². The third-order valence-electron chi connectivity index (χ3n) is 5.91. The number of rotatable bonds is 0. The summed E-state index contributed by atoms with van der Waals surface area (Å²) in [5.74, 6) is 4.87.